The average molecular weight is 302 g/mol. The first kappa shape index (κ1) is 14.1. The molecule has 1 amide bonds. The largest absolute Gasteiger partial charge is 0.497 e. The van der Waals surface area contributed by atoms with Crippen LogP contribution in [0.25, 0.3) is 0 Å². The van der Waals surface area contributed by atoms with Crippen molar-refractivity contribution >= 4 is 22.4 Å². The van der Waals surface area contributed by atoms with Gasteiger partial charge in [-0.1, -0.05) is 6.92 Å². The van der Waals surface area contributed by atoms with Crippen LogP contribution in [0.2, 0.25) is 0 Å². The van der Waals surface area contributed by atoms with Crippen LogP contribution in [0.4, 0.5) is 5.13 Å². The summed E-state index contributed by atoms with van der Waals surface area (Å²) in [4.78, 5) is 18.1. The van der Waals surface area contributed by atoms with Gasteiger partial charge in [0.1, 0.15) is 5.75 Å². The van der Waals surface area contributed by atoms with E-state index in [1.807, 2.05) is 0 Å². The highest BCUT2D eigenvalue weighted by atomic mass is 32.1. The molecule has 1 aromatic heterocycles. The minimum Gasteiger partial charge on any atom is -0.497 e. The smallest absolute Gasteiger partial charge is 0.257 e. The first-order valence-electron chi connectivity index (χ1n) is 7.09. The Kier molecular flexibility index (Phi) is 3.92. The molecule has 1 atom stereocenters. The van der Waals surface area contributed by atoms with Crippen molar-refractivity contribution < 1.29 is 9.53 Å². The number of nitrogens with one attached hydrogen (secondary N) is 1. The highest BCUT2D eigenvalue weighted by molar-refractivity contribution is 7.15. The SMILES string of the molecule is COc1ccc(C(=O)Nc2nc3c(s2)C[C@H](C)CC3)cc1. The van der Waals surface area contributed by atoms with Gasteiger partial charge in [-0.2, -0.15) is 0 Å². The lowest BCUT2D eigenvalue weighted by Gasteiger charge is -2.15. The Labute approximate surface area is 128 Å². The number of amides is 1. The molecule has 1 aliphatic rings. The molecular formula is C16H18N2O2S. The molecule has 0 fully saturated rings. The van der Waals surface area contributed by atoms with E-state index < -0.39 is 0 Å². The van der Waals surface area contributed by atoms with Crippen LogP contribution in [0.3, 0.4) is 0 Å². The van der Waals surface area contributed by atoms with Crippen molar-refractivity contribution in [2.75, 3.05) is 12.4 Å². The molecule has 3 rings (SSSR count). The van der Waals surface area contributed by atoms with E-state index in [1.165, 1.54) is 11.3 Å². The van der Waals surface area contributed by atoms with Crippen molar-refractivity contribution in [1.29, 1.82) is 0 Å². The number of aromatic nitrogens is 1. The van der Waals surface area contributed by atoms with Gasteiger partial charge in [0, 0.05) is 10.4 Å². The van der Waals surface area contributed by atoms with Crippen molar-refractivity contribution in [3.63, 3.8) is 0 Å². The molecule has 0 aliphatic heterocycles. The highest BCUT2D eigenvalue weighted by Gasteiger charge is 2.20. The van der Waals surface area contributed by atoms with Gasteiger partial charge in [-0.15, -0.1) is 11.3 Å². The number of hydrogen-bond acceptors (Lipinski definition) is 4. The topological polar surface area (TPSA) is 51.2 Å². The molecule has 0 saturated carbocycles. The number of nitrogens with zero attached hydrogens (tertiary/aromatic N) is 1. The molecule has 1 aliphatic carbocycles. The number of carbonyl (C=O) groups excluding carboxylic acids is 1. The summed E-state index contributed by atoms with van der Waals surface area (Å²) in [6.45, 7) is 2.26. The van der Waals surface area contributed by atoms with E-state index in [4.69, 9.17) is 4.74 Å². The third-order valence-electron chi connectivity index (χ3n) is 3.76. The summed E-state index contributed by atoms with van der Waals surface area (Å²) in [6.07, 6.45) is 3.28. The number of aryl methyl sites for hydroxylation is 1. The van der Waals surface area contributed by atoms with E-state index in [2.05, 4.69) is 17.2 Å². The molecule has 0 unspecified atom stereocenters. The van der Waals surface area contributed by atoms with Gasteiger partial charge in [-0.3, -0.25) is 10.1 Å². The summed E-state index contributed by atoms with van der Waals surface area (Å²) in [5.74, 6) is 1.32. The van der Waals surface area contributed by atoms with Crippen LogP contribution >= 0.6 is 11.3 Å². The predicted molar refractivity (Wildman–Crippen MR) is 84.3 cm³/mol. The second-order valence-corrected chi connectivity index (χ2v) is 6.50. The van der Waals surface area contributed by atoms with E-state index in [1.54, 1.807) is 42.7 Å². The molecule has 2 aromatic rings. The number of anilines is 1. The Morgan fingerprint density at radius 1 is 1.38 bits per heavy atom. The summed E-state index contributed by atoms with van der Waals surface area (Å²) in [5.41, 5.74) is 1.76. The molecule has 0 spiro atoms. The zero-order chi connectivity index (χ0) is 14.8. The Bertz CT molecular complexity index is 649. The van der Waals surface area contributed by atoms with Crippen LogP contribution < -0.4 is 10.1 Å². The summed E-state index contributed by atoms with van der Waals surface area (Å²) in [5, 5.41) is 3.60. The number of methoxy groups -OCH3 is 1. The second kappa shape index (κ2) is 5.85. The zero-order valence-electron chi connectivity index (χ0n) is 12.2. The van der Waals surface area contributed by atoms with Crippen LogP contribution in [0, 0.1) is 5.92 Å². The van der Waals surface area contributed by atoms with Crippen LogP contribution in [0.5, 0.6) is 5.75 Å². The molecule has 1 aromatic carbocycles. The summed E-state index contributed by atoms with van der Waals surface area (Å²) >= 11 is 1.60. The summed E-state index contributed by atoms with van der Waals surface area (Å²) in [7, 11) is 1.61. The lowest BCUT2D eigenvalue weighted by atomic mass is 9.93. The van der Waals surface area contributed by atoms with Gasteiger partial charge >= 0.3 is 0 Å². The van der Waals surface area contributed by atoms with Crippen LogP contribution in [0.15, 0.2) is 24.3 Å². The summed E-state index contributed by atoms with van der Waals surface area (Å²) in [6, 6.07) is 7.07. The predicted octanol–water partition coefficient (Wildman–Crippen LogP) is 3.53. The molecular weight excluding hydrogens is 284 g/mol. The second-order valence-electron chi connectivity index (χ2n) is 5.42. The molecule has 0 saturated heterocycles. The maximum Gasteiger partial charge on any atom is 0.257 e. The maximum absolute atomic E-state index is 12.2. The molecule has 1 N–H and O–H groups in total. The Hall–Kier alpha value is -1.88. The van der Waals surface area contributed by atoms with E-state index >= 15 is 0 Å². The van der Waals surface area contributed by atoms with Gasteiger partial charge in [0.15, 0.2) is 5.13 Å². The molecule has 0 radical (unpaired) electrons. The normalized spacial score (nSPS) is 17.1. The number of thiazole rings is 1. The van der Waals surface area contributed by atoms with Crippen LogP contribution in [-0.4, -0.2) is 18.0 Å². The Morgan fingerprint density at radius 2 is 2.14 bits per heavy atom. The van der Waals surface area contributed by atoms with Crippen molar-refractivity contribution in [2.24, 2.45) is 5.92 Å². The first-order valence-corrected chi connectivity index (χ1v) is 7.91. The van der Waals surface area contributed by atoms with Crippen molar-refractivity contribution in [1.82, 2.24) is 4.98 Å². The molecule has 0 bridgehead atoms. The lowest BCUT2D eigenvalue weighted by Crippen LogP contribution is -2.11. The lowest BCUT2D eigenvalue weighted by molar-refractivity contribution is 0.102. The third kappa shape index (κ3) is 3.08. The van der Waals surface area contributed by atoms with E-state index in [-0.39, 0.29) is 5.91 Å². The molecule has 5 heteroatoms. The highest BCUT2D eigenvalue weighted by Crippen LogP contribution is 2.32. The molecule has 1 heterocycles. The fraction of sp³-hybridized carbons (Fsp3) is 0.375. The number of benzene rings is 1. The number of ether oxygens (including phenoxy) is 1. The fourth-order valence-corrected chi connectivity index (χ4v) is 3.67. The number of rotatable bonds is 3. The van der Waals surface area contributed by atoms with Crippen molar-refractivity contribution in [2.45, 2.75) is 26.2 Å². The van der Waals surface area contributed by atoms with E-state index in [0.717, 1.165) is 24.3 Å². The average Bonchev–Trinajstić information content (AvgIpc) is 2.88. The van der Waals surface area contributed by atoms with E-state index in [0.29, 0.717) is 16.6 Å². The van der Waals surface area contributed by atoms with Gasteiger partial charge in [0.05, 0.1) is 12.8 Å². The number of hydrogen-bond donors (Lipinski definition) is 1. The van der Waals surface area contributed by atoms with Gasteiger partial charge in [0.25, 0.3) is 5.91 Å². The minimum absolute atomic E-state index is 0.128. The van der Waals surface area contributed by atoms with Crippen LogP contribution in [-0.2, 0) is 12.8 Å². The number of carbonyl (C=O) groups is 1. The quantitative estimate of drug-likeness (QED) is 0.943. The fourth-order valence-electron chi connectivity index (χ4n) is 2.50. The minimum atomic E-state index is -0.128. The van der Waals surface area contributed by atoms with Crippen molar-refractivity contribution in [3.8, 4) is 5.75 Å². The maximum atomic E-state index is 12.2. The first-order chi connectivity index (χ1) is 10.2. The standard InChI is InChI=1S/C16H18N2O2S/c1-10-3-8-13-14(9-10)21-16(17-13)18-15(19)11-4-6-12(20-2)7-5-11/h4-7,10H,3,8-9H2,1-2H3,(H,17,18,19)/t10-/m1/s1. The molecule has 110 valence electrons. The molecule has 4 nitrogen and oxygen atoms in total. The Morgan fingerprint density at radius 3 is 2.86 bits per heavy atom. The van der Waals surface area contributed by atoms with Gasteiger partial charge in [0.2, 0.25) is 0 Å². The Balaban J connectivity index is 1.72. The third-order valence-corrected chi connectivity index (χ3v) is 4.79. The van der Waals surface area contributed by atoms with E-state index in [9.17, 15) is 4.79 Å². The van der Waals surface area contributed by atoms with Crippen molar-refractivity contribution in [3.05, 3.63) is 40.4 Å². The van der Waals surface area contributed by atoms with Gasteiger partial charge in [-0.25, -0.2) is 4.98 Å². The number of fused-ring (bicyclic) bond motifs is 1. The monoisotopic (exact) mass is 302 g/mol. The molecule has 21 heavy (non-hydrogen) atoms. The van der Waals surface area contributed by atoms with Crippen LogP contribution in [0.1, 0.15) is 34.3 Å². The van der Waals surface area contributed by atoms with Gasteiger partial charge < -0.3 is 4.74 Å². The summed E-state index contributed by atoms with van der Waals surface area (Å²) < 4.78 is 5.09. The zero-order valence-corrected chi connectivity index (χ0v) is 13.0. The van der Waals surface area contributed by atoms with Gasteiger partial charge in [-0.05, 0) is 49.4 Å².